The minimum atomic E-state index is 0.984. The van der Waals surface area contributed by atoms with Crippen LogP contribution in [-0.4, -0.2) is 0 Å². The maximum absolute atomic E-state index is 6.31. The number of rotatable bonds is 3. The van der Waals surface area contributed by atoms with Crippen molar-refractivity contribution in [2.24, 2.45) is 0 Å². The van der Waals surface area contributed by atoms with Gasteiger partial charge in [-0.05, 0) is 79.5 Å². The molecule has 5 rings (SSSR count). The van der Waals surface area contributed by atoms with E-state index in [1.165, 1.54) is 44.2 Å². The summed E-state index contributed by atoms with van der Waals surface area (Å²) in [6.07, 6.45) is 17.8. The van der Waals surface area contributed by atoms with Gasteiger partial charge in [0.15, 0.2) is 0 Å². The minimum absolute atomic E-state index is 0.984. The first kappa shape index (κ1) is 19.6. The Kier molecular flexibility index (Phi) is 5.34. The average Bonchev–Trinajstić information content (AvgIpc) is 3.22. The maximum Gasteiger partial charge on any atom is 0.138 e. The van der Waals surface area contributed by atoms with Crippen LogP contribution in [0.3, 0.4) is 0 Å². The van der Waals surface area contributed by atoms with Crippen molar-refractivity contribution in [2.45, 2.75) is 39.5 Å². The van der Waals surface area contributed by atoms with Gasteiger partial charge < -0.3 is 4.42 Å². The molecule has 1 heteroatoms. The number of hydrogen-bond donors (Lipinski definition) is 0. The van der Waals surface area contributed by atoms with Gasteiger partial charge in [0.05, 0.1) is 0 Å². The highest BCUT2D eigenvalue weighted by atomic mass is 16.3. The fourth-order valence-electron chi connectivity index (χ4n) is 4.75. The van der Waals surface area contributed by atoms with Crippen LogP contribution in [0, 0.1) is 0 Å². The van der Waals surface area contributed by atoms with Gasteiger partial charge in [0, 0.05) is 16.4 Å². The van der Waals surface area contributed by atoms with Gasteiger partial charge >= 0.3 is 0 Å². The van der Waals surface area contributed by atoms with Crippen molar-refractivity contribution in [1.29, 1.82) is 0 Å². The van der Waals surface area contributed by atoms with Gasteiger partial charge in [0.25, 0.3) is 0 Å². The van der Waals surface area contributed by atoms with Gasteiger partial charge in [-0.15, -0.1) is 0 Å². The lowest BCUT2D eigenvalue weighted by Crippen LogP contribution is -2.22. The Morgan fingerprint density at radius 1 is 0.774 bits per heavy atom. The molecular formula is C30H28O. The molecule has 0 atom stereocenters. The maximum atomic E-state index is 6.31. The van der Waals surface area contributed by atoms with E-state index in [0.717, 1.165) is 36.9 Å². The summed E-state index contributed by atoms with van der Waals surface area (Å²) in [5.74, 6) is 1.04. The Balaban J connectivity index is 1.51. The summed E-state index contributed by atoms with van der Waals surface area (Å²) in [4.78, 5) is 0. The molecule has 0 fully saturated rings. The van der Waals surface area contributed by atoms with Crippen molar-refractivity contribution in [3.8, 4) is 11.1 Å². The number of fused-ring (bicyclic) bond motifs is 1. The Morgan fingerprint density at radius 2 is 1.58 bits per heavy atom. The van der Waals surface area contributed by atoms with Crippen molar-refractivity contribution < 1.29 is 4.42 Å². The zero-order valence-electron chi connectivity index (χ0n) is 18.3. The van der Waals surface area contributed by atoms with E-state index < -0.39 is 0 Å². The molecule has 0 N–H and O–H groups in total. The second-order valence-electron chi connectivity index (χ2n) is 8.22. The minimum Gasteiger partial charge on any atom is -0.456 e. The van der Waals surface area contributed by atoms with Crippen molar-refractivity contribution in [2.75, 3.05) is 0 Å². The molecule has 0 spiro atoms. The molecule has 0 saturated heterocycles. The van der Waals surface area contributed by atoms with Crippen LogP contribution < -0.4 is 10.6 Å². The SMILES string of the molecule is C/C=c1/c2c(o/c1=C/C)C(c1cccc(-c3ccc(C4=CCCC=C4)cc3)c1)=CCC2. The molecule has 154 valence electrons. The molecule has 0 unspecified atom stereocenters. The van der Waals surface area contributed by atoms with Gasteiger partial charge in [-0.25, -0.2) is 0 Å². The van der Waals surface area contributed by atoms with Gasteiger partial charge in [-0.3, -0.25) is 0 Å². The van der Waals surface area contributed by atoms with Crippen LogP contribution in [0.25, 0.3) is 34.4 Å². The van der Waals surface area contributed by atoms with Crippen molar-refractivity contribution in [1.82, 2.24) is 0 Å². The first-order valence-corrected chi connectivity index (χ1v) is 11.3. The molecule has 0 bridgehead atoms. The molecule has 2 aliphatic rings. The number of hydrogen-bond acceptors (Lipinski definition) is 1. The molecule has 1 aromatic heterocycles. The molecular weight excluding hydrogens is 376 g/mol. The lowest BCUT2D eigenvalue weighted by Gasteiger charge is -2.14. The Hall–Kier alpha value is -3.32. The smallest absolute Gasteiger partial charge is 0.138 e. The van der Waals surface area contributed by atoms with E-state index in [4.69, 9.17) is 4.42 Å². The molecule has 31 heavy (non-hydrogen) atoms. The first-order valence-electron chi connectivity index (χ1n) is 11.3. The van der Waals surface area contributed by atoms with Crippen LogP contribution in [0.15, 0.2) is 77.3 Å². The summed E-state index contributed by atoms with van der Waals surface area (Å²) in [5, 5.41) is 1.25. The van der Waals surface area contributed by atoms with Crippen LogP contribution >= 0.6 is 0 Å². The average molecular weight is 405 g/mol. The van der Waals surface area contributed by atoms with Crippen LogP contribution in [0.4, 0.5) is 0 Å². The van der Waals surface area contributed by atoms with Crippen LogP contribution in [0.2, 0.25) is 0 Å². The van der Waals surface area contributed by atoms with E-state index in [9.17, 15) is 0 Å². The molecule has 0 saturated carbocycles. The molecule has 0 radical (unpaired) electrons. The van der Waals surface area contributed by atoms with Gasteiger partial charge in [-0.2, -0.15) is 0 Å². The molecule has 0 aliphatic heterocycles. The third kappa shape index (κ3) is 3.65. The number of furan rings is 1. The highest BCUT2D eigenvalue weighted by molar-refractivity contribution is 5.83. The number of allylic oxidation sites excluding steroid dienone is 5. The van der Waals surface area contributed by atoms with Gasteiger partial charge in [0.2, 0.25) is 0 Å². The van der Waals surface area contributed by atoms with Crippen molar-refractivity contribution in [3.63, 3.8) is 0 Å². The lowest BCUT2D eigenvalue weighted by molar-refractivity contribution is 0.514. The van der Waals surface area contributed by atoms with E-state index in [2.05, 4.69) is 91.9 Å². The third-order valence-electron chi connectivity index (χ3n) is 6.34. The molecule has 2 aromatic carbocycles. The first-order chi connectivity index (χ1) is 15.3. The standard InChI is InChI=1S/C30H28O/c1-3-26-28-15-9-14-27(30(28)31-29(26)4-2)25-13-8-12-24(20-25)23-18-16-22(17-19-23)21-10-6-5-7-11-21/h3-4,6,8,10-14,16-20H,5,7,9,15H2,1-2H3/b26-3-,29-4+. The van der Waals surface area contributed by atoms with Crippen LogP contribution in [-0.2, 0) is 6.42 Å². The summed E-state index contributed by atoms with van der Waals surface area (Å²) >= 11 is 0. The molecule has 1 heterocycles. The molecule has 0 amide bonds. The van der Waals surface area contributed by atoms with E-state index in [0.29, 0.717) is 0 Å². The summed E-state index contributed by atoms with van der Waals surface area (Å²) in [7, 11) is 0. The summed E-state index contributed by atoms with van der Waals surface area (Å²) in [5.41, 5.74) is 9.87. The summed E-state index contributed by atoms with van der Waals surface area (Å²) in [6.45, 7) is 4.14. The second-order valence-corrected chi connectivity index (χ2v) is 8.22. The Morgan fingerprint density at radius 3 is 2.32 bits per heavy atom. The monoisotopic (exact) mass is 404 g/mol. The van der Waals surface area contributed by atoms with Crippen molar-refractivity contribution in [3.05, 3.63) is 106 Å². The largest absolute Gasteiger partial charge is 0.456 e. The second kappa shape index (κ2) is 8.43. The zero-order valence-corrected chi connectivity index (χ0v) is 18.3. The highest BCUT2D eigenvalue weighted by Gasteiger charge is 2.20. The lowest BCUT2D eigenvalue weighted by atomic mass is 9.90. The third-order valence-corrected chi connectivity index (χ3v) is 6.34. The fraction of sp³-hybridized carbons (Fsp3) is 0.200. The fourth-order valence-corrected chi connectivity index (χ4v) is 4.75. The van der Waals surface area contributed by atoms with E-state index in [-0.39, 0.29) is 0 Å². The predicted octanol–water partition coefficient (Wildman–Crippen LogP) is 6.66. The number of benzene rings is 2. The van der Waals surface area contributed by atoms with Crippen LogP contribution in [0.5, 0.6) is 0 Å². The van der Waals surface area contributed by atoms with Gasteiger partial charge in [-0.1, -0.05) is 72.8 Å². The van der Waals surface area contributed by atoms with E-state index in [1.807, 2.05) is 6.92 Å². The topological polar surface area (TPSA) is 13.1 Å². The van der Waals surface area contributed by atoms with E-state index >= 15 is 0 Å². The van der Waals surface area contributed by atoms with Crippen LogP contribution in [0.1, 0.15) is 55.6 Å². The summed E-state index contributed by atoms with van der Waals surface area (Å²) in [6, 6.07) is 17.8. The zero-order chi connectivity index (χ0) is 21.2. The van der Waals surface area contributed by atoms with Crippen molar-refractivity contribution >= 4 is 23.3 Å². The molecule has 3 aromatic rings. The predicted molar refractivity (Wildman–Crippen MR) is 132 cm³/mol. The normalized spacial score (nSPS) is 16.8. The summed E-state index contributed by atoms with van der Waals surface area (Å²) < 4.78 is 6.31. The Labute approximate surface area is 184 Å². The quantitative estimate of drug-likeness (QED) is 0.476. The highest BCUT2D eigenvalue weighted by Crippen LogP contribution is 2.33. The Bertz CT molecular complexity index is 1320. The molecule has 2 aliphatic carbocycles. The van der Waals surface area contributed by atoms with E-state index in [1.54, 1.807) is 0 Å². The van der Waals surface area contributed by atoms with Gasteiger partial charge in [0.1, 0.15) is 11.2 Å². The molecule has 1 nitrogen and oxygen atoms in total.